The number of piperidine rings is 1. The van der Waals surface area contributed by atoms with Crippen LogP contribution in [-0.4, -0.2) is 24.8 Å². The number of methoxy groups -OCH3 is 1. The van der Waals surface area contributed by atoms with Crippen molar-refractivity contribution >= 4 is 0 Å². The predicted molar refractivity (Wildman–Crippen MR) is 103 cm³/mol. The van der Waals surface area contributed by atoms with E-state index in [0.717, 1.165) is 37.3 Å². The number of hydrogen-bond donors (Lipinski definition) is 1. The van der Waals surface area contributed by atoms with Crippen LogP contribution in [0.4, 0.5) is 0 Å². The average molecular weight is 352 g/mol. The van der Waals surface area contributed by atoms with Crippen LogP contribution in [0.15, 0.2) is 42.5 Å². The molecule has 138 valence electrons. The van der Waals surface area contributed by atoms with Gasteiger partial charge in [0, 0.05) is 18.5 Å². The van der Waals surface area contributed by atoms with Crippen LogP contribution in [0, 0.1) is 5.92 Å². The number of nitrogens with zero attached hydrogens (tertiary/aromatic N) is 1. The van der Waals surface area contributed by atoms with Crippen LogP contribution in [0.5, 0.6) is 11.5 Å². The van der Waals surface area contributed by atoms with Crippen molar-refractivity contribution in [2.45, 2.75) is 44.8 Å². The maximum Gasteiger partial charge on any atom is 0.126 e. The molecule has 0 radical (unpaired) electrons. The summed E-state index contributed by atoms with van der Waals surface area (Å²) in [6.07, 6.45) is 4.45. The Bertz CT molecular complexity index is 762. The van der Waals surface area contributed by atoms with E-state index in [4.69, 9.17) is 15.3 Å². The van der Waals surface area contributed by atoms with Gasteiger partial charge in [0.1, 0.15) is 17.6 Å². The predicted octanol–water partition coefficient (Wildman–Crippen LogP) is 3.89. The smallest absolute Gasteiger partial charge is 0.126 e. The molecule has 0 bridgehead atoms. The molecule has 2 heterocycles. The molecule has 4 rings (SSSR count). The van der Waals surface area contributed by atoms with Crippen LogP contribution >= 0.6 is 0 Å². The Labute approximate surface area is 155 Å². The fourth-order valence-electron chi connectivity index (χ4n) is 4.56. The lowest BCUT2D eigenvalue weighted by molar-refractivity contribution is 0.0920. The van der Waals surface area contributed by atoms with E-state index in [9.17, 15) is 0 Å². The molecule has 2 N–H and O–H groups in total. The van der Waals surface area contributed by atoms with Gasteiger partial charge >= 0.3 is 0 Å². The highest BCUT2D eigenvalue weighted by Gasteiger charge is 2.33. The number of benzene rings is 2. The fraction of sp³-hybridized carbons (Fsp3) is 0.455. The van der Waals surface area contributed by atoms with Gasteiger partial charge in [-0.3, -0.25) is 5.84 Å². The lowest BCUT2D eigenvalue weighted by Gasteiger charge is -2.39. The average Bonchev–Trinajstić information content (AvgIpc) is 3.03. The van der Waals surface area contributed by atoms with Crippen molar-refractivity contribution in [3.8, 4) is 11.5 Å². The zero-order valence-electron chi connectivity index (χ0n) is 15.7. The van der Waals surface area contributed by atoms with E-state index in [0.29, 0.717) is 5.92 Å². The molecule has 1 unspecified atom stereocenters. The number of rotatable bonds is 4. The molecular weight excluding hydrogens is 324 g/mol. The number of nitrogens with two attached hydrogens (primary N) is 1. The molecule has 2 aliphatic rings. The molecule has 2 aromatic carbocycles. The Morgan fingerprint density at radius 3 is 2.81 bits per heavy atom. The topological polar surface area (TPSA) is 47.7 Å². The van der Waals surface area contributed by atoms with Gasteiger partial charge in [0.15, 0.2) is 0 Å². The molecule has 1 saturated heterocycles. The van der Waals surface area contributed by atoms with Crippen LogP contribution in [-0.2, 0) is 12.8 Å². The third-order valence-electron chi connectivity index (χ3n) is 5.70. The second kappa shape index (κ2) is 7.29. The van der Waals surface area contributed by atoms with Crippen molar-refractivity contribution in [2.75, 3.05) is 13.7 Å². The second-order valence-electron chi connectivity index (χ2n) is 7.61. The summed E-state index contributed by atoms with van der Waals surface area (Å²) in [5.74, 6) is 8.88. The van der Waals surface area contributed by atoms with Crippen LogP contribution in [0.25, 0.3) is 0 Å². The maximum absolute atomic E-state index is 6.42. The van der Waals surface area contributed by atoms with E-state index < -0.39 is 0 Å². The molecular formula is C22H28N2O2. The first-order chi connectivity index (χ1) is 12.7. The first-order valence-corrected chi connectivity index (χ1v) is 9.58. The lowest BCUT2D eigenvalue weighted by atomic mass is 9.81. The zero-order chi connectivity index (χ0) is 18.1. The molecule has 0 amide bonds. The van der Waals surface area contributed by atoms with Crippen molar-refractivity contribution in [1.29, 1.82) is 0 Å². The number of fused-ring (bicyclic) bond motifs is 1. The number of ether oxygens (including phenoxy) is 2. The Balaban J connectivity index is 1.66. The number of hydrogen-bond acceptors (Lipinski definition) is 4. The molecule has 4 heteroatoms. The molecule has 2 aromatic rings. The Hall–Kier alpha value is -2.04. The fourth-order valence-corrected chi connectivity index (χ4v) is 4.56. The summed E-state index contributed by atoms with van der Waals surface area (Å²) < 4.78 is 11.7. The maximum atomic E-state index is 6.42. The van der Waals surface area contributed by atoms with Gasteiger partial charge in [0.25, 0.3) is 0 Å². The van der Waals surface area contributed by atoms with Gasteiger partial charge in [0.2, 0.25) is 0 Å². The van der Waals surface area contributed by atoms with E-state index in [1.807, 2.05) is 5.01 Å². The van der Waals surface area contributed by atoms with Crippen LogP contribution in [0.1, 0.15) is 42.5 Å². The van der Waals surface area contributed by atoms with Crippen LogP contribution in [0.3, 0.4) is 0 Å². The molecule has 0 saturated carbocycles. The monoisotopic (exact) mass is 352 g/mol. The molecule has 4 nitrogen and oxygen atoms in total. The third-order valence-corrected chi connectivity index (χ3v) is 5.70. The van der Waals surface area contributed by atoms with E-state index in [1.54, 1.807) is 7.11 Å². The summed E-state index contributed by atoms with van der Waals surface area (Å²) in [6.45, 7) is 3.07. The van der Waals surface area contributed by atoms with Crippen molar-refractivity contribution in [3.63, 3.8) is 0 Å². The highest BCUT2D eigenvalue weighted by Crippen LogP contribution is 2.42. The minimum atomic E-state index is 0.234. The van der Waals surface area contributed by atoms with Gasteiger partial charge in [-0.25, -0.2) is 5.01 Å². The summed E-state index contributed by atoms with van der Waals surface area (Å²) >= 11 is 0. The number of hydrazine groups is 1. The van der Waals surface area contributed by atoms with Crippen molar-refractivity contribution in [1.82, 2.24) is 5.01 Å². The molecule has 0 spiro atoms. The second-order valence-corrected chi connectivity index (χ2v) is 7.61. The van der Waals surface area contributed by atoms with Gasteiger partial charge in [-0.15, -0.1) is 0 Å². The first kappa shape index (κ1) is 17.4. The van der Waals surface area contributed by atoms with E-state index in [1.165, 1.54) is 23.1 Å². The van der Waals surface area contributed by atoms with Crippen LogP contribution < -0.4 is 15.3 Å². The van der Waals surface area contributed by atoms with Crippen molar-refractivity contribution < 1.29 is 9.47 Å². The van der Waals surface area contributed by atoms with Gasteiger partial charge in [-0.2, -0.15) is 0 Å². The largest absolute Gasteiger partial charge is 0.497 e. The Kier molecular flexibility index (Phi) is 4.88. The van der Waals surface area contributed by atoms with Gasteiger partial charge in [-0.05, 0) is 55.4 Å². The lowest BCUT2D eigenvalue weighted by Crippen LogP contribution is -2.44. The van der Waals surface area contributed by atoms with Crippen molar-refractivity contribution in [3.05, 3.63) is 59.2 Å². The highest BCUT2D eigenvalue weighted by atomic mass is 16.5. The summed E-state index contributed by atoms with van der Waals surface area (Å²) in [4.78, 5) is 0. The quantitative estimate of drug-likeness (QED) is 0.848. The summed E-state index contributed by atoms with van der Waals surface area (Å²) in [7, 11) is 1.74. The van der Waals surface area contributed by atoms with E-state index in [2.05, 4.69) is 49.4 Å². The minimum absolute atomic E-state index is 0.234. The molecule has 1 fully saturated rings. The molecule has 0 aliphatic carbocycles. The third kappa shape index (κ3) is 3.31. The Morgan fingerprint density at radius 2 is 2.04 bits per heavy atom. The highest BCUT2D eigenvalue weighted by molar-refractivity contribution is 5.50. The van der Waals surface area contributed by atoms with Crippen LogP contribution in [0.2, 0.25) is 0 Å². The summed E-state index contributed by atoms with van der Waals surface area (Å²) in [6, 6.07) is 15.2. The van der Waals surface area contributed by atoms with Gasteiger partial charge in [0.05, 0.1) is 13.2 Å². The Morgan fingerprint density at radius 1 is 1.23 bits per heavy atom. The normalized spacial score (nSPS) is 25.6. The first-order valence-electron chi connectivity index (χ1n) is 9.58. The standard InChI is InChI=1S/C22H28N2O2/c1-15-11-18-13-20(25-2)14-19(22(18)26-15)12-17-9-6-10-24(23)21(17)16-7-4-3-5-8-16/h3-5,7-8,13-15,17,21H,6,9-12,23H2,1-2H3/t15-,17-,21?/m0/s1. The minimum Gasteiger partial charge on any atom is -0.497 e. The van der Waals surface area contributed by atoms with Crippen molar-refractivity contribution in [2.24, 2.45) is 11.8 Å². The molecule has 3 atom stereocenters. The summed E-state index contributed by atoms with van der Waals surface area (Å²) in [5.41, 5.74) is 3.82. The van der Waals surface area contributed by atoms with Gasteiger partial charge < -0.3 is 9.47 Å². The summed E-state index contributed by atoms with van der Waals surface area (Å²) in [5, 5.41) is 2.02. The SMILES string of the molecule is COc1cc(C[C@@H]2CCCN(N)C2c2ccccc2)c2c(c1)C[C@H](C)O2. The zero-order valence-corrected chi connectivity index (χ0v) is 15.7. The van der Waals surface area contributed by atoms with E-state index in [-0.39, 0.29) is 12.1 Å². The van der Waals surface area contributed by atoms with Gasteiger partial charge in [-0.1, -0.05) is 30.3 Å². The van der Waals surface area contributed by atoms with E-state index >= 15 is 0 Å². The molecule has 26 heavy (non-hydrogen) atoms. The molecule has 2 aliphatic heterocycles. The molecule has 0 aromatic heterocycles.